The lowest BCUT2D eigenvalue weighted by Crippen LogP contribution is -2.31. The first-order chi connectivity index (χ1) is 42.5. The van der Waals surface area contributed by atoms with E-state index in [1.54, 1.807) is 92.2 Å². The highest BCUT2D eigenvalue weighted by Gasteiger charge is 2.67. The number of amides is 3. The van der Waals surface area contributed by atoms with Gasteiger partial charge >= 0.3 is 17.9 Å². The number of hydrogen-bond acceptors (Lipinski definition) is 18. The number of para-hydroxylation sites is 1. The van der Waals surface area contributed by atoms with E-state index in [9.17, 15) is 33.2 Å². The zero-order chi connectivity index (χ0) is 63.2. The number of fused-ring (bicyclic) bond motifs is 1. The van der Waals surface area contributed by atoms with Crippen molar-refractivity contribution in [3.05, 3.63) is 190 Å². The SMILES string of the molecule is CCOC(=O)[C@@]1(Cc2ccc(OCc3cc(C)nc4ccccc34)c(F)c2)C[C@@H]1C(=O)NO.COC(=O)[C@]1(c2cccc(OCCc3ccc(OC)cc3)c2)C[C@H]1C(=O)NO.COC(=O)[C@]1(c2cccc(OCc3cccc(OC)c3)c2)C[C@H]1C(=O)NO. The summed E-state index contributed by atoms with van der Waals surface area (Å²) < 4.78 is 57.5. The van der Waals surface area contributed by atoms with E-state index in [1.807, 2.05) is 85.8 Å². The summed E-state index contributed by atoms with van der Waals surface area (Å²) in [5, 5.41) is 27.7. The summed E-state index contributed by atoms with van der Waals surface area (Å²) in [6.07, 6.45) is 1.61. The third-order valence-corrected chi connectivity index (χ3v) is 15.9. The molecule has 3 saturated carbocycles. The molecular weight excluding hydrogens is 1140 g/mol. The fraction of sp³-hybridized carbons (Fsp3) is 0.318. The number of aromatic nitrogens is 1. The third-order valence-electron chi connectivity index (χ3n) is 15.9. The Labute approximate surface area is 506 Å². The number of ether oxygens (including phenoxy) is 8. The molecular formula is C66H69FN4O17. The van der Waals surface area contributed by atoms with Gasteiger partial charge in [0.2, 0.25) is 17.7 Å². The standard InChI is InChI=1S/C25H25FN2O5.C21H23NO6.C20H21NO6/c1-3-32-24(30)25(13-19(25)23(29)28-31)12-16-8-9-22(20(26)11-16)33-14-17-10-15(2)27-21-7-5-4-6-18(17)21;1-26-16-8-6-14(7-9-16)10-11-28-17-5-3-4-15(12-17)21(20(24)27-2)13-18(21)19(23)22-25;1-25-15-7-3-5-13(9-15)12-27-16-8-4-6-14(10-16)20(19(23)26-2)11-17(20)18(22)21-24/h4-11,19,31H,3,12-14H2,1-2H3,(H,28,29);3-9,12,18,25H,10-11,13H2,1-2H3,(H,22,23);3-10,17,24H,11-12H2,1-2H3,(H,21,22)/t19-,25+;18-,21-;17-,20-/m100/s1. The van der Waals surface area contributed by atoms with Gasteiger partial charge < -0.3 is 37.9 Å². The minimum Gasteiger partial charge on any atom is -0.497 e. The van der Waals surface area contributed by atoms with Crippen molar-refractivity contribution in [3.8, 4) is 28.7 Å². The smallest absolute Gasteiger partial charge is 0.317 e. The highest BCUT2D eigenvalue weighted by Crippen LogP contribution is 2.58. The summed E-state index contributed by atoms with van der Waals surface area (Å²) in [5.74, 6) is -3.24. The van der Waals surface area contributed by atoms with Crippen LogP contribution in [0.5, 0.6) is 28.7 Å². The van der Waals surface area contributed by atoms with Crippen molar-refractivity contribution in [2.45, 2.75) is 70.0 Å². The quantitative estimate of drug-likeness (QED) is 0.0152. The van der Waals surface area contributed by atoms with Gasteiger partial charge in [0.1, 0.15) is 47.0 Å². The summed E-state index contributed by atoms with van der Waals surface area (Å²) in [6, 6.07) is 43.5. The number of nitrogens with one attached hydrogen (secondary N) is 3. The molecule has 1 aromatic heterocycles. The Hall–Kier alpha value is -9.64. The topological polar surface area (TPSA) is 286 Å². The van der Waals surface area contributed by atoms with Crippen LogP contribution in [0.3, 0.4) is 0 Å². The van der Waals surface area contributed by atoms with Crippen molar-refractivity contribution >= 4 is 46.5 Å². The van der Waals surface area contributed by atoms with E-state index in [0.717, 1.165) is 44.8 Å². The molecule has 0 unspecified atom stereocenters. The molecule has 6 aromatic carbocycles. The molecule has 21 nitrogen and oxygen atoms in total. The van der Waals surface area contributed by atoms with E-state index in [-0.39, 0.29) is 44.6 Å². The molecule has 10 rings (SSSR count). The Bertz CT molecular complexity index is 3660. The van der Waals surface area contributed by atoms with Crippen LogP contribution in [0.1, 0.15) is 65.3 Å². The monoisotopic (exact) mass is 1210 g/mol. The highest BCUT2D eigenvalue weighted by molar-refractivity contribution is 5.99. The van der Waals surface area contributed by atoms with Crippen molar-refractivity contribution in [2.75, 3.05) is 41.7 Å². The molecule has 6 N–H and O–H groups in total. The molecule has 6 atom stereocenters. The summed E-state index contributed by atoms with van der Waals surface area (Å²) in [4.78, 5) is 77.2. The van der Waals surface area contributed by atoms with E-state index in [1.165, 1.54) is 26.4 Å². The number of aryl methyl sites for hydroxylation is 1. The van der Waals surface area contributed by atoms with Crippen LogP contribution < -0.4 is 40.1 Å². The summed E-state index contributed by atoms with van der Waals surface area (Å²) in [7, 11) is 5.79. The van der Waals surface area contributed by atoms with E-state index < -0.39 is 75.4 Å². The molecule has 1 heterocycles. The average molecular weight is 1210 g/mol. The molecule has 3 amide bonds. The molecule has 3 aliphatic rings. The van der Waals surface area contributed by atoms with Crippen molar-refractivity contribution in [1.82, 2.24) is 21.4 Å². The lowest BCUT2D eigenvalue weighted by Gasteiger charge is -2.16. The minimum absolute atomic E-state index is 0.0860. The Morgan fingerprint density at radius 2 is 1.12 bits per heavy atom. The number of hydroxylamine groups is 3. The second kappa shape index (κ2) is 28.7. The number of carbonyl (C=O) groups is 6. The van der Waals surface area contributed by atoms with Gasteiger partial charge in [0, 0.05) is 23.1 Å². The van der Waals surface area contributed by atoms with E-state index in [4.69, 9.17) is 53.5 Å². The van der Waals surface area contributed by atoms with Crippen LogP contribution in [0, 0.1) is 35.9 Å². The van der Waals surface area contributed by atoms with Gasteiger partial charge in [0.15, 0.2) is 11.6 Å². The molecule has 462 valence electrons. The fourth-order valence-electron chi connectivity index (χ4n) is 11.0. The Kier molecular flexibility index (Phi) is 21.0. The Morgan fingerprint density at radius 1 is 0.557 bits per heavy atom. The summed E-state index contributed by atoms with van der Waals surface area (Å²) >= 11 is 0. The van der Waals surface area contributed by atoms with E-state index >= 15 is 0 Å². The van der Waals surface area contributed by atoms with Crippen molar-refractivity contribution in [2.24, 2.45) is 23.2 Å². The molecule has 0 aliphatic heterocycles. The first-order valence-electron chi connectivity index (χ1n) is 28.1. The van der Waals surface area contributed by atoms with Gasteiger partial charge in [-0.1, -0.05) is 72.8 Å². The van der Waals surface area contributed by atoms with Gasteiger partial charge in [-0.2, -0.15) is 0 Å². The second-order valence-corrected chi connectivity index (χ2v) is 21.3. The van der Waals surface area contributed by atoms with Crippen LogP contribution in [-0.2, 0) is 79.9 Å². The van der Waals surface area contributed by atoms with Crippen LogP contribution >= 0.6 is 0 Å². The molecule has 3 aliphatic carbocycles. The number of nitrogens with zero attached hydrogens (tertiary/aromatic N) is 1. The maximum atomic E-state index is 14.8. The maximum Gasteiger partial charge on any atom is 0.317 e. The zero-order valence-corrected chi connectivity index (χ0v) is 49.3. The predicted octanol–water partition coefficient (Wildman–Crippen LogP) is 8.34. The summed E-state index contributed by atoms with van der Waals surface area (Å²) in [5.41, 5.74) is 7.96. The maximum absolute atomic E-state index is 14.8. The fourth-order valence-corrected chi connectivity index (χ4v) is 11.0. The first-order valence-corrected chi connectivity index (χ1v) is 28.1. The van der Waals surface area contributed by atoms with Crippen LogP contribution in [0.2, 0.25) is 0 Å². The molecule has 22 heteroatoms. The van der Waals surface area contributed by atoms with Gasteiger partial charge in [-0.05, 0) is 140 Å². The number of methoxy groups -OCH3 is 4. The molecule has 7 aromatic rings. The zero-order valence-electron chi connectivity index (χ0n) is 49.3. The third kappa shape index (κ3) is 14.4. The molecule has 0 bridgehead atoms. The van der Waals surface area contributed by atoms with Gasteiger partial charge in [-0.25, -0.2) is 20.8 Å². The average Bonchev–Trinajstić information content (AvgIpc) is 1.59. The number of rotatable bonds is 23. The Morgan fingerprint density at radius 3 is 1.70 bits per heavy atom. The number of pyridine rings is 1. The van der Waals surface area contributed by atoms with Crippen LogP contribution in [0.4, 0.5) is 4.39 Å². The van der Waals surface area contributed by atoms with Crippen molar-refractivity contribution < 1.29 is 86.7 Å². The number of esters is 3. The predicted molar refractivity (Wildman–Crippen MR) is 314 cm³/mol. The number of halogens is 1. The van der Waals surface area contributed by atoms with Crippen molar-refractivity contribution in [1.29, 1.82) is 0 Å². The second-order valence-electron chi connectivity index (χ2n) is 21.3. The van der Waals surface area contributed by atoms with Gasteiger partial charge in [-0.15, -0.1) is 0 Å². The first kappa shape index (κ1) is 64.4. The van der Waals surface area contributed by atoms with E-state index in [2.05, 4.69) is 4.98 Å². The van der Waals surface area contributed by atoms with Crippen molar-refractivity contribution in [3.63, 3.8) is 0 Å². The highest BCUT2D eigenvalue weighted by atomic mass is 19.1. The van der Waals surface area contributed by atoms with Gasteiger partial charge in [-0.3, -0.25) is 49.4 Å². The van der Waals surface area contributed by atoms with Crippen LogP contribution in [0.15, 0.2) is 146 Å². The van der Waals surface area contributed by atoms with Crippen LogP contribution in [0.25, 0.3) is 10.9 Å². The summed E-state index contributed by atoms with van der Waals surface area (Å²) in [6.45, 7) is 4.69. The molecule has 0 radical (unpaired) electrons. The minimum atomic E-state index is -1.11. The van der Waals surface area contributed by atoms with Gasteiger partial charge in [0.05, 0.1) is 70.3 Å². The van der Waals surface area contributed by atoms with Gasteiger partial charge in [0.25, 0.3) is 0 Å². The molecule has 88 heavy (non-hydrogen) atoms. The van der Waals surface area contributed by atoms with E-state index in [0.29, 0.717) is 47.8 Å². The van der Waals surface area contributed by atoms with Crippen LogP contribution in [-0.4, -0.2) is 97.9 Å². The number of carbonyl (C=O) groups excluding carboxylic acids is 6. The lowest BCUT2D eigenvalue weighted by molar-refractivity contribution is -0.152. The molecule has 3 fully saturated rings. The number of hydrogen-bond donors (Lipinski definition) is 6. The lowest BCUT2D eigenvalue weighted by atomic mass is 9.92. The Balaban J connectivity index is 0.000000172. The normalized spacial score (nSPS) is 19.9. The number of benzene rings is 6. The molecule has 0 saturated heterocycles. The molecule has 0 spiro atoms. The largest absolute Gasteiger partial charge is 0.497 e.